The third-order valence-electron chi connectivity index (χ3n) is 3.69. The smallest absolute Gasteiger partial charge is 0.0353 e. The van der Waals surface area contributed by atoms with Crippen LogP contribution in [0.5, 0.6) is 0 Å². The van der Waals surface area contributed by atoms with Crippen LogP contribution in [0.4, 0.5) is 5.69 Å². The van der Waals surface area contributed by atoms with Crippen molar-refractivity contribution < 1.29 is 0 Å². The summed E-state index contributed by atoms with van der Waals surface area (Å²) in [6, 6.07) is 8.97. The number of nitrogen functional groups attached to an aromatic ring is 1. The first-order valence-electron chi connectivity index (χ1n) is 6.60. The lowest BCUT2D eigenvalue weighted by molar-refractivity contribution is 0.0509. The second kappa shape index (κ2) is 4.69. The molecule has 1 aliphatic rings. The number of anilines is 1. The summed E-state index contributed by atoms with van der Waals surface area (Å²) in [4.78, 5) is 2.63. The van der Waals surface area contributed by atoms with Crippen LogP contribution in [0.15, 0.2) is 24.3 Å². The molecule has 0 radical (unpaired) electrons. The maximum atomic E-state index is 5.76. The van der Waals surface area contributed by atoms with Crippen LogP contribution in [0.1, 0.15) is 51.6 Å². The Bertz CT molecular complexity index is 362. The lowest BCUT2D eigenvalue weighted by atomic mass is 9.90. The van der Waals surface area contributed by atoms with Crippen molar-refractivity contribution in [3.63, 3.8) is 0 Å². The molecule has 1 aliphatic heterocycles. The van der Waals surface area contributed by atoms with Gasteiger partial charge in [0.1, 0.15) is 0 Å². The van der Waals surface area contributed by atoms with E-state index in [9.17, 15) is 0 Å². The second-order valence-corrected chi connectivity index (χ2v) is 6.04. The number of piperidine rings is 1. The van der Waals surface area contributed by atoms with Gasteiger partial charge in [-0.15, -0.1) is 0 Å². The molecule has 2 rings (SSSR count). The average molecular weight is 232 g/mol. The summed E-state index contributed by atoms with van der Waals surface area (Å²) in [5.41, 5.74) is 8.27. The maximum absolute atomic E-state index is 5.76. The number of rotatable bonds is 1. The van der Waals surface area contributed by atoms with E-state index in [1.807, 2.05) is 12.1 Å². The Hall–Kier alpha value is -1.02. The van der Waals surface area contributed by atoms with E-state index < -0.39 is 0 Å². The van der Waals surface area contributed by atoms with Crippen molar-refractivity contribution >= 4 is 5.69 Å². The van der Waals surface area contributed by atoms with Crippen molar-refractivity contribution in [2.45, 2.75) is 51.6 Å². The van der Waals surface area contributed by atoms with Gasteiger partial charge in [0.25, 0.3) is 0 Å². The zero-order valence-corrected chi connectivity index (χ0v) is 11.2. The minimum absolute atomic E-state index is 0.243. The van der Waals surface area contributed by atoms with E-state index in [-0.39, 0.29) is 5.54 Å². The zero-order chi connectivity index (χ0) is 12.5. The van der Waals surface area contributed by atoms with Crippen molar-refractivity contribution in [3.05, 3.63) is 29.8 Å². The van der Waals surface area contributed by atoms with Crippen LogP contribution in [0.2, 0.25) is 0 Å². The summed E-state index contributed by atoms with van der Waals surface area (Å²) in [5, 5.41) is 0. The molecule has 1 atom stereocenters. The monoisotopic (exact) mass is 232 g/mol. The molecule has 2 N–H and O–H groups in total. The number of nitrogens with two attached hydrogens (primary N) is 1. The molecule has 0 amide bonds. The van der Waals surface area contributed by atoms with Crippen molar-refractivity contribution in [1.29, 1.82) is 0 Å². The Morgan fingerprint density at radius 2 is 1.76 bits per heavy atom. The van der Waals surface area contributed by atoms with Gasteiger partial charge < -0.3 is 5.73 Å². The molecular weight excluding hydrogens is 208 g/mol. The number of hydrogen-bond donors (Lipinski definition) is 1. The quantitative estimate of drug-likeness (QED) is 0.750. The highest BCUT2D eigenvalue weighted by molar-refractivity contribution is 5.40. The molecule has 0 bridgehead atoms. The van der Waals surface area contributed by atoms with Gasteiger partial charge in [0.2, 0.25) is 0 Å². The molecule has 1 saturated heterocycles. The van der Waals surface area contributed by atoms with E-state index in [0.29, 0.717) is 6.04 Å². The molecule has 94 valence electrons. The fourth-order valence-electron chi connectivity index (χ4n) is 2.80. The van der Waals surface area contributed by atoms with E-state index in [1.165, 1.54) is 31.4 Å². The van der Waals surface area contributed by atoms with Crippen LogP contribution in [0.3, 0.4) is 0 Å². The van der Waals surface area contributed by atoms with Crippen molar-refractivity contribution in [3.8, 4) is 0 Å². The summed E-state index contributed by atoms with van der Waals surface area (Å²) >= 11 is 0. The molecule has 17 heavy (non-hydrogen) atoms. The van der Waals surface area contributed by atoms with Gasteiger partial charge in [0.15, 0.2) is 0 Å². The fourth-order valence-corrected chi connectivity index (χ4v) is 2.80. The average Bonchev–Trinajstić information content (AvgIpc) is 2.29. The van der Waals surface area contributed by atoms with E-state index >= 15 is 0 Å². The SMILES string of the molecule is CC(C)(C)N1CCCCC1c1ccc(N)cc1. The topological polar surface area (TPSA) is 29.3 Å². The van der Waals surface area contributed by atoms with Crippen molar-refractivity contribution in [1.82, 2.24) is 4.90 Å². The van der Waals surface area contributed by atoms with Gasteiger partial charge in [-0.05, 0) is 57.9 Å². The number of nitrogens with zero attached hydrogens (tertiary/aromatic N) is 1. The molecule has 0 spiro atoms. The number of hydrogen-bond acceptors (Lipinski definition) is 2. The molecular formula is C15H24N2. The second-order valence-electron chi connectivity index (χ2n) is 6.04. The molecule has 1 aromatic carbocycles. The first kappa shape index (κ1) is 12.4. The Morgan fingerprint density at radius 1 is 1.12 bits per heavy atom. The predicted molar refractivity (Wildman–Crippen MR) is 73.9 cm³/mol. The van der Waals surface area contributed by atoms with Gasteiger partial charge in [-0.1, -0.05) is 18.6 Å². The highest BCUT2D eigenvalue weighted by Crippen LogP contribution is 2.36. The molecule has 1 unspecified atom stereocenters. The van der Waals surface area contributed by atoms with Gasteiger partial charge in [0, 0.05) is 17.3 Å². The first-order chi connectivity index (χ1) is 7.98. The normalized spacial score (nSPS) is 22.6. The Kier molecular flexibility index (Phi) is 3.43. The predicted octanol–water partition coefficient (Wildman–Crippen LogP) is 3.59. The van der Waals surface area contributed by atoms with Crippen molar-refractivity contribution in [2.24, 2.45) is 0 Å². The van der Waals surface area contributed by atoms with E-state index in [4.69, 9.17) is 5.73 Å². The third kappa shape index (κ3) is 2.81. The zero-order valence-electron chi connectivity index (χ0n) is 11.2. The van der Waals surface area contributed by atoms with Crippen LogP contribution >= 0.6 is 0 Å². The largest absolute Gasteiger partial charge is 0.399 e. The number of benzene rings is 1. The van der Waals surface area contributed by atoms with Gasteiger partial charge in [-0.25, -0.2) is 0 Å². The summed E-state index contributed by atoms with van der Waals surface area (Å²) < 4.78 is 0. The molecule has 1 aromatic rings. The lowest BCUT2D eigenvalue weighted by Crippen LogP contribution is -2.46. The minimum Gasteiger partial charge on any atom is -0.399 e. The van der Waals surface area contributed by atoms with Crippen LogP contribution < -0.4 is 5.73 Å². The molecule has 1 fully saturated rings. The Labute approximate surface area is 105 Å². The van der Waals surface area contributed by atoms with Gasteiger partial charge >= 0.3 is 0 Å². The van der Waals surface area contributed by atoms with Gasteiger partial charge in [-0.3, -0.25) is 4.90 Å². The van der Waals surface area contributed by atoms with E-state index in [2.05, 4.69) is 37.8 Å². The maximum Gasteiger partial charge on any atom is 0.0353 e. The fraction of sp³-hybridized carbons (Fsp3) is 0.600. The van der Waals surface area contributed by atoms with E-state index in [1.54, 1.807) is 0 Å². The van der Waals surface area contributed by atoms with Crippen molar-refractivity contribution in [2.75, 3.05) is 12.3 Å². The molecule has 0 saturated carbocycles. The van der Waals surface area contributed by atoms with Crippen LogP contribution in [0, 0.1) is 0 Å². The highest BCUT2D eigenvalue weighted by atomic mass is 15.2. The molecule has 2 heteroatoms. The Morgan fingerprint density at radius 3 is 2.35 bits per heavy atom. The van der Waals surface area contributed by atoms with Crippen LogP contribution in [-0.2, 0) is 0 Å². The summed E-state index contributed by atoms with van der Waals surface area (Å²) in [6.07, 6.45) is 3.92. The molecule has 0 aliphatic carbocycles. The van der Waals surface area contributed by atoms with Gasteiger partial charge in [-0.2, -0.15) is 0 Å². The summed E-state index contributed by atoms with van der Waals surface area (Å²) in [5.74, 6) is 0. The lowest BCUT2D eigenvalue weighted by Gasteiger charge is -2.45. The van der Waals surface area contributed by atoms with Crippen LogP contribution in [0.25, 0.3) is 0 Å². The molecule has 2 nitrogen and oxygen atoms in total. The number of likely N-dealkylation sites (tertiary alicyclic amines) is 1. The molecule has 1 heterocycles. The summed E-state index contributed by atoms with van der Waals surface area (Å²) in [6.45, 7) is 8.13. The van der Waals surface area contributed by atoms with Crippen LogP contribution in [-0.4, -0.2) is 17.0 Å². The first-order valence-corrected chi connectivity index (χ1v) is 6.60. The highest BCUT2D eigenvalue weighted by Gasteiger charge is 2.31. The van der Waals surface area contributed by atoms with E-state index in [0.717, 1.165) is 5.69 Å². The minimum atomic E-state index is 0.243. The Balaban J connectivity index is 2.25. The standard InChI is InChI=1S/C15H24N2/c1-15(2,3)17-11-5-4-6-14(17)12-7-9-13(16)10-8-12/h7-10,14H,4-6,11,16H2,1-3H3. The molecule has 0 aromatic heterocycles. The third-order valence-corrected chi connectivity index (χ3v) is 3.69. The van der Waals surface area contributed by atoms with Gasteiger partial charge in [0.05, 0.1) is 0 Å². The summed E-state index contributed by atoms with van der Waals surface area (Å²) in [7, 11) is 0.